The second-order valence-electron chi connectivity index (χ2n) is 6.11. The number of nitrogens with two attached hydrogens (primary N) is 1. The molecule has 0 spiro atoms. The predicted octanol–water partition coefficient (Wildman–Crippen LogP) is 3.28. The molecule has 2 N–H and O–H groups in total. The highest BCUT2D eigenvalue weighted by atomic mass is 32.1. The molecule has 1 fully saturated rings. The highest BCUT2D eigenvalue weighted by Gasteiger charge is 2.41. The lowest BCUT2D eigenvalue weighted by molar-refractivity contribution is -0.112. The maximum Gasteiger partial charge on any atom is 0.271 e. The fourth-order valence-corrected chi connectivity index (χ4v) is 3.85. The van der Waals surface area contributed by atoms with Crippen LogP contribution in [-0.2, 0) is 21.1 Å². The van der Waals surface area contributed by atoms with E-state index >= 15 is 0 Å². The van der Waals surface area contributed by atoms with Crippen molar-refractivity contribution in [3.63, 3.8) is 0 Å². The minimum atomic E-state index is -0.657. The highest BCUT2D eigenvalue weighted by Crippen LogP contribution is 2.49. The Morgan fingerprint density at radius 1 is 1.27 bits per heavy atom. The van der Waals surface area contributed by atoms with Crippen LogP contribution in [0.15, 0.2) is 52.1 Å². The van der Waals surface area contributed by atoms with Gasteiger partial charge in [-0.25, -0.2) is 0 Å². The van der Waals surface area contributed by atoms with Crippen LogP contribution in [-0.4, -0.2) is 24.4 Å². The van der Waals surface area contributed by atoms with Gasteiger partial charge in [0.1, 0.15) is 13.7 Å². The van der Waals surface area contributed by atoms with E-state index in [1.165, 1.54) is 12.0 Å². The maximum absolute atomic E-state index is 11.6. The third kappa shape index (κ3) is 4.11. The Bertz CT molecular complexity index is 830. The van der Waals surface area contributed by atoms with Crippen LogP contribution < -0.4 is 5.73 Å². The summed E-state index contributed by atoms with van der Waals surface area (Å²) in [6.07, 6.45) is 1.11. The van der Waals surface area contributed by atoms with Gasteiger partial charge in [-0.1, -0.05) is 40.6 Å². The molecule has 2 atom stereocenters. The molecule has 2 unspecified atom stereocenters. The van der Waals surface area contributed by atoms with E-state index in [1.807, 2.05) is 19.1 Å². The minimum absolute atomic E-state index is 0.0624. The number of carbonyl (C=O) groups is 1. The molecule has 2 aromatic rings. The zero-order valence-corrected chi connectivity index (χ0v) is 15.5. The molecule has 0 bridgehead atoms. The van der Waals surface area contributed by atoms with Gasteiger partial charge in [-0.05, 0) is 24.8 Å². The van der Waals surface area contributed by atoms with E-state index < -0.39 is 5.91 Å². The first-order chi connectivity index (χ1) is 12.6. The first kappa shape index (κ1) is 18.1. The first-order valence-corrected chi connectivity index (χ1v) is 9.18. The number of hydrogen-bond acceptors (Lipinski definition) is 6. The summed E-state index contributed by atoms with van der Waals surface area (Å²) in [5.74, 6) is 0.348. The maximum atomic E-state index is 11.6. The lowest BCUT2D eigenvalue weighted by atomic mass is 10.0. The topological polar surface area (TPSA) is 86.3 Å². The van der Waals surface area contributed by atoms with E-state index in [2.05, 4.69) is 27.8 Å². The van der Waals surface area contributed by atoms with Gasteiger partial charge in [0.05, 0.1) is 5.71 Å². The molecular weight excluding hydrogens is 350 g/mol. The number of primary amides is 1. The third-order valence-electron chi connectivity index (χ3n) is 4.35. The number of thiophene rings is 1. The second kappa shape index (κ2) is 8.14. The van der Waals surface area contributed by atoms with E-state index in [0.29, 0.717) is 17.4 Å². The summed E-state index contributed by atoms with van der Waals surface area (Å²) < 4.78 is 0. The summed E-state index contributed by atoms with van der Waals surface area (Å²) in [6, 6.07) is 11.5. The normalized spacial score (nSPS) is 19.9. The smallest absolute Gasteiger partial charge is 0.271 e. The zero-order valence-electron chi connectivity index (χ0n) is 14.7. The Labute approximate surface area is 156 Å². The lowest BCUT2D eigenvalue weighted by Crippen LogP contribution is -2.25. The highest BCUT2D eigenvalue weighted by molar-refractivity contribution is 7.10. The molecular formula is C19H21N3O3S. The van der Waals surface area contributed by atoms with Gasteiger partial charge in [0.15, 0.2) is 5.71 Å². The standard InChI is InChI=1S/C19H21N3O3S/c1-12(15-10-16(15)17-8-5-9-26-17)21-25-11-13-6-3-4-7-14(13)18(19(20)23)22-24-2/h3-9,15-16H,10-11H2,1-2H3,(H2,20,23). The first-order valence-electron chi connectivity index (χ1n) is 8.31. The molecule has 26 heavy (non-hydrogen) atoms. The van der Waals surface area contributed by atoms with Crippen molar-refractivity contribution in [1.29, 1.82) is 0 Å². The van der Waals surface area contributed by atoms with Gasteiger partial charge >= 0.3 is 0 Å². The summed E-state index contributed by atoms with van der Waals surface area (Å²) in [5.41, 5.74) is 7.79. The summed E-state index contributed by atoms with van der Waals surface area (Å²) in [7, 11) is 1.37. The summed E-state index contributed by atoms with van der Waals surface area (Å²) in [5, 5.41) is 10.1. The molecule has 1 aromatic heterocycles. The molecule has 6 nitrogen and oxygen atoms in total. The average molecular weight is 371 g/mol. The van der Waals surface area contributed by atoms with E-state index in [4.69, 9.17) is 15.4 Å². The Hall–Kier alpha value is -2.67. The van der Waals surface area contributed by atoms with Gasteiger partial charge in [0.2, 0.25) is 0 Å². The van der Waals surface area contributed by atoms with Gasteiger partial charge < -0.3 is 15.4 Å². The van der Waals surface area contributed by atoms with E-state index in [-0.39, 0.29) is 12.3 Å². The van der Waals surface area contributed by atoms with Gasteiger partial charge in [-0.3, -0.25) is 4.79 Å². The van der Waals surface area contributed by atoms with Crippen LogP contribution in [0.3, 0.4) is 0 Å². The van der Waals surface area contributed by atoms with Crippen molar-refractivity contribution < 1.29 is 14.5 Å². The molecule has 1 aliphatic rings. The fourth-order valence-electron chi connectivity index (χ4n) is 2.94. The SMILES string of the molecule is CON=C(C(N)=O)c1ccccc1CON=C(C)C1CC1c1cccs1. The summed E-state index contributed by atoms with van der Waals surface area (Å²) in [6.45, 7) is 2.21. The number of nitrogens with zero attached hydrogens (tertiary/aromatic N) is 2. The average Bonchev–Trinajstić information content (AvgIpc) is 3.25. The Morgan fingerprint density at radius 3 is 2.77 bits per heavy atom. The number of rotatable bonds is 8. The van der Waals surface area contributed by atoms with Crippen LogP contribution in [0, 0.1) is 5.92 Å². The largest absolute Gasteiger partial charge is 0.398 e. The Balaban J connectivity index is 1.65. The summed E-state index contributed by atoms with van der Waals surface area (Å²) in [4.78, 5) is 23.3. The van der Waals surface area contributed by atoms with E-state index in [9.17, 15) is 4.79 Å². The molecule has 1 amide bonds. The van der Waals surface area contributed by atoms with Crippen LogP contribution in [0.2, 0.25) is 0 Å². The van der Waals surface area contributed by atoms with Crippen molar-refractivity contribution in [2.75, 3.05) is 7.11 Å². The number of amides is 1. The van der Waals surface area contributed by atoms with Crippen molar-refractivity contribution >= 4 is 28.7 Å². The second-order valence-corrected chi connectivity index (χ2v) is 7.09. The molecule has 1 saturated carbocycles. The van der Waals surface area contributed by atoms with Crippen molar-refractivity contribution in [1.82, 2.24) is 0 Å². The van der Waals surface area contributed by atoms with Crippen LogP contribution in [0.25, 0.3) is 0 Å². The van der Waals surface area contributed by atoms with E-state index in [0.717, 1.165) is 17.7 Å². The quantitative estimate of drug-likeness (QED) is 0.571. The van der Waals surface area contributed by atoms with Crippen molar-refractivity contribution in [3.05, 3.63) is 57.8 Å². The molecule has 3 rings (SSSR count). The predicted molar refractivity (Wildman–Crippen MR) is 102 cm³/mol. The molecule has 0 aliphatic heterocycles. The van der Waals surface area contributed by atoms with Crippen LogP contribution >= 0.6 is 11.3 Å². The molecule has 1 heterocycles. The van der Waals surface area contributed by atoms with Crippen molar-refractivity contribution in [2.45, 2.75) is 25.9 Å². The van der Waals surface area contributed by atoms with Gasteiger partial charge in [0, 0.05) is 27.8 Å². The zero-order chi connectivity index (χ0) is 18.5. The van der Waals surface area contributed by atoms with Crippen LogP contribution in [0.5, 0.6) is 0 Å². The molecule has 136 valence electrons. The molecule has 1 aromatic carbocycles. The molecule has 7 heteroatoms. The molecule has 0 radical (unpaired) electrons. The van der Waals surface area contributed by atoms with Gasteiger partial charge in [-0.2, -0.15) is 0 Å². The minimum Gasteiger partial charge on any atom is -0.398 e. The number of carbonyl (C=O) groups excluding carboxylic acids is 1. The number of hydrogen-bond donors (Lipinski definition) is 1. The summed E-state index contributed by atoms with van der Waals surface area (Å²) >= 11 is 1.78. The molecule has 1 aliphatic carbocycles. The Kier molecular flexibility index (Phi) is 5.68. The third-order valence-corrected chi connectivity index (χ3v) is 5.36. The van der Waals surface area contributed by atoms with Gasteiger partial charge in [0.25, 0.3) is 5.91 Å². The lowest BCUT2D eigenvalue weighted by Gasteiger charge is -2.09. The Morgan fingerprint density at radius 2 is 2.08 bits per heavy atom. The van der Waals surface area contributed by atoms with Crippen molar-refractivity contribution in [2.24, 2.45) is 22.0 Å². The van der Waals surface area contributed by atoms with E-state index in [1.54, 1.807) is 23.5 Å². The number of benzene rings is 1. The monoisotopic (exact) mass is 371 g/mol. The van der Waals surface area contributed by atoms with Crippen LogP contribution in [0.4, 0.5) is 0 Å². The van der Waals surface area contributed by atoms with Crippen LogP contribution in [0.1, 0.15) is 35.3 Å². The van der Waals surface area contributed by atoms with Crippen molar-refractivity contribution in [3.8, 4) is 0 Å². The fraction of sp³-hybridized carbons (Fsp3) is 0.316. The number of oxime groups is 2. The molecule has 0 saturated heterocycles. The van der Waals surface area contributed by atoms with Gasteiger partial charge in [-0.15, -0.1) is 11.3 Å².